The first-order valence-corrected chi connectivity index (χ1v) is 11.5. The zero-order chi connectivity index (χ0) is 23.1. The average Bonchev–Trinajstić information content (AvgIpc) is 3.65. The fourth-order valence-corrected chi connectivity index (χ4v) is 4.68. The van der Waals surface area contributed by atoms with Crippen molar-refractivity contribution in [2.75, 3.05) is 50.7 Å². The molecule has 176 valence electrons. The van der Waals surface area contributed by atoms with Crippen LogP contribution in [0.3, 0.4) is 0 Å². The van der Waals surface area contributed by atoms with Crippen LogP contribution in [0.5, 0.6) is 0 Å². The zero-order valence-electron chi connectivity index (χ0n) is 18.3. The Morgan fingerprint density at radius 2 is 1.88 bits per heavy atom. The Kier molecular flexibility index (Phi) is 5.88. The van der Waals surface area contributed by atoms with Crippen LogP contribution in [-0.2, 0) is 0 Å². The predicted octanol–water partition coefficient (Wildman–Crippen LogP) is 2.30. The molecular formula is C23H27F2N5O3. The van der Waals surface area contributed by atoms with Crippen LogP contribution in [0.25, 0.3) is 11.0 Å². The average molecular weight is 459 g/mol. The molecule has 33 heavy (non-hydrogen) atoms. The van der Waals surface area contributed by atoms with Crippen LogP contribution < -0.4 is 15.6 Å². The first kappa shape index (κ1) is 22.0. The van der Waals surface area contributed by atoms with Gasteiger partial charge in [0.2, 0.25) is 5.43 Å². The van der Waals surface area contributed by atoms with Crippen LogP contribution >= 0.6 is 0 Å². The van der Waals surface area contributed by atoms with Gasteiger partial charge in [-0.05, 0) is 37.3 Å². The van der Waals surface area contributed by atoms with Gasteiger partial charge in [0.1, 0.15) is 17.0 Å². The number of piperazine rings is 1. The van der Waals surface area contributed by atoms with Crippen LogP contribution in [0.2, 0.25) is 0 Å². The lowest BCUT2D eigenvalue weighted by Gasteiger charge is -2.31. The number of anilines is 1. The van der Waals surface area contributed by atoms with E-state index in [4.69, 9.17) is 0 Å². The van der Waals surface area contributed by atoms with Gasteiger partial charge in [0, 0.05) is 51.5 Å². The third kappa shape index (κ3) is 4.37. The van der Waals surface area contributed by atoms with E-state index < -0.39 is 17.2 Å². The van der Waals surface area contributed by atoms with Gasteiger partial charge in [-0.25, -0.2) is 18.6 Å². The summed E-state index contributed by atoms with van der Waals surface area (Å²) < 4.78 is 31.5. The van der Waals surface area contributed by atoms with Gasteiger partial charge >= 0.3 is 5.97 Å². The highest BCUT2D eigenvalue weighted by atomic mass is 19.1. The van der Waals surface area contributed by atoms with Gasteiger partial charge < -0.3 is 19.9 Å². The molecule has 1 saturated carbocycles. The van der Waals surface area contributed by atoms with Crippen LogP contribution in [0.4, 0.5) is 14.6 Å². The molecular weight excluding hydrogens is 432 g/mol. The Labute approximate surface area is 189 Å². The molecule has 2 N–H and O–H groups in total. The Morgan fingerprint density at radius 3 is 2.52 bits per heavy atom. The predicted molar refractivity (Wildman–Crippen MR) is 120 cm³/mol. The first-order chi connectivity index (χ1) is 15.9. The summed E-state index contributed by atoms with van der Waals surface area (Å²) in [5, 5.41) is 12.6. The molecule has 3 aliphatic rings. The molecule has 0 unspecified atom stereocenters. The number of nitrogens with one attached hydrogen (secondary N) is 1. The number of carbonyl (C=O) groups is 1. The molecule has 1 aliphatic carbocycles. The molecule has 4 heterocycles. The number of fused-ring (bicyclic) bond motifs is 1. The summed E-state index contributed by atoms with van der Waals surface area (Å²) in [5.41, 5.74) is -0.0376. The number of nitrogens with zero attached hydrogens (tertiary/aromatic N) is 4. The number of carboxylic acid groups (broad SMARTS) is 1. The summed E-state index contributed by atoms with van der Waals surface area (Å²) in [5.74, 6) is -1.97. The number of aromatic carboxylic acids is 1. The molecule has 2 aromatic heterocycles. The Morgan fingerprint density at radius 1 is 1.18 bits per heavy atom. The lowest BCUT2D eigenvalue weighted by Crippen LogP contribution is -2.44. The summed E-state index contributed by atoms with van der Waals surface area (Å²) in [7, 11) is 0. The molecule has 2 saturated heterocycles. The van der Waals surface area contributed by atoms with Crippen LogP contribution in [0, 0.1) is 5.82 Å². The third-order valence-electron chi connectivity index (χ3n) is 6.73. The van der Waals surface area contributed by atoms with Crippen molar-refractivity contribution < 1.29 is 18.7 Å². The van der Waals surface area contributed by atoms with E-state index in [1.807, 2.05) is 0 Å². The van der Waals surface area contributed by atoms with Gasteiger partial charge in [0.25, 0.3) is 0 Å². The second-order valence-corrected chi connectivity index (χ2v) is 9.00. The van der Waals surface area contributed by atoms with Gasteiger partial charge in [-0.1, -0.05) is 0 Å². The number of piperidine rings is 1. The number of pyridine rings is 2. The topological polar surface area (TPSA) is 90.7 Å². The summed E-state index contributed by atoms with van der Waals surface area (Å²) in [4.78, 5) is 32.5. The molecule has 8 nitrogen and oxygen atoms in total. The summed E-state index contributed by atoms with van der Waals surface area (Å²) >= 11 is 0. The minimum Gasteiger partial charge on any atom is -0.477 e. The van der Waals surface area contributed by atoms with Crippen molar-refractivity contribution in [1.29, 1.82) is 0 Å². The fraction of sp³-hybridized carbons (Fsp3) is 0.522. The Balaban J connectivity index is 1.40. The maximum Gasteiger partial charge on any atom is 0.341 e. The number of halogens is 2. The summed E-state index contributed by atoms with van der Waals surface area (Å²) in [6, 6.07) is 1.16. The van der Waals surface area contributed by atoms with Gasteiger partial charge in [-0.3, -0.25) is 9.69 Å². The van der Waals surface area contributed by atoms with Gasteiger partial charge in [-0.2, -0.15) is 0 Å². The second kappa shape index (κ2) is 8.83. The second-order valence-electron chi connectivity index (χ2n) is 9.00. The largest absolute Gasteiger partial charge is 0.477 e. The van der Waals surface area contributed by atoms with Crippen molar-refractivity contribution in [3.8, 4) is 0 Å². The fourth-order valence-electron chi connectivity index (χ4n) is 4.68. The number of rotatable bonds is 5. The van der Waals surface area contributed by atoms with E-state index >= 15 is 4.39 Å². The molecule has 0 bridgehead atoms. The third-order valence-corrected chi connectivity index (χ3v) is 6.73. The lowest BCUT2D eigenvalue weighted by atomic mass is 10.0. The SMILES string of the molecule is O=C(O)c1cn(C2CC2)c2nc(N3CCC(=C(F)CN4CCNCC4)CC3)c(F)cc2c1=O. The molecule has 0 amide bonds. The smallest absolute Gasteiger partial charge is 0.341 e. The van der Waals surface area contributed by atoms with Crippen molar-refractivity contribution >= 4 is 22.8 Å². The maximum atomic E-state index is 15.0. The molecule has 2 aromatic rings. The van der Waals surface area contributed by atoms with E-state index in [9.17, 15) is 19.1 Å². The van der Waals surface area contributed by atoms with Crippen molar-refractivity contribution in [3.05, 3.63) is 45.3 Å². The van der Waals surface area contributed by atoms with Gasteiger partial charge in [0.05, 0.1) is 11.9 Å². The number of carboxylic acids is 1. The van der Waals surface area contributed by atoms with E-state index in [0.717, 1.165) is 50.7 Å². The van der Waals surface area contributed by atoms with Gasteiger partial charge in [0.15, 0.2) is 11.6 Å². The molecule has 0 radical (unpaired) electrons. The number of aromatic nitrogens is 2. The maximum absolute atomic E-state index is 15.0. The van der Waals surface area contributed by atoms with Crippen molar-refractivity contribution in [2.45, 2.75) is 31.7 Å². The highest BCUT2D eigenvalue weighted by molar-refractivity contribution is 5.92. The minimum absolute atomic E-state index is 0.0253. The van der Waals surface area contributed by atoms with Crippen molar-refractivity contribution in [1.82, 2.24) is 19.8 Å². The quantitative estimate of drug-likeness (QED) is 0.709. The lowest BCUT2D eigenvalue weighted by molar-refractivity contribution is 0.0695. The molecule has 0 spiro atoms. The number of hydrogen-bond acceptors (Lipinski definition) is 6. The zero-order valence-corrected chi connectivity index (χ0v) is 18.3. The molecule has 2 aliphatic heterocycles. The molecule has 5 rings (SSSR count). The van der Waals surface area contributed by atoms with E-state index in [1.165, 1.54) is 6.20 Å². The highest BCUT2D eigenvalue weighted by Crippen LogP contribution is 2.37. The summed E-state index contributed by atoms with van der Waals surface area (Å²) in [6.07, 6.45) is 4.02. The minimum atomic E-state index is -1.33. The number of hydrogen-bond donors (Lipinski definition) is 2. The Hall–Kier alpha value is -2.85. The van der Waals surface area contributed by atoms with Gasteiger partial charge in [-0.15, -0.1) is 0 Å². The first-order valence-electron chi connectivity index (χ1n) is 11.5. The van der Waals surface area contributed by atoms with E-state index in [-0.39, 0.29) is 28.6 Å². The Bertz CT molecular complexity index is 1170. The van der Waals surface area contributed by atoms with Crippen molar-refractivity contribution in [2.24, 2.45) is 0 Å². The normalized spacial score (nSPS) is 19.8. The molecule has 3 fully saturated rings. The molecule has 10 heteroatoms. The van der Waals surface area contributed by atoms with Crippen LogP contribution in [0.1, 0.15) is 42.1 Å². The molecule has 0 atom stereocenters. The summed E-state index contributed by atoms with van der Waals surface area (Å²) in [6.45, 7) is 4.56. The standard InChI is InChI=1S/C23H27F2N5O3/c24-18-11-16-20(31)17(23(32)33)12-30(15-1-2-15)21(16)27-22(18)29-7-3-14(4-8-29)19(25)13-28-9-5-26-6-10-28/h11-12,15,26H,1-10,13H2,(H,32,33). The van der Waals surface area contributed by atoms with E-state index in [1.54, 1.807) is 9.47 Å². The highest BCUT2D eigenvalue weighted by Gasteiger charge is 2.29. The van der Waals surface area contributed by atoms with E-state index in [0.29, 0.717) is 38.1 Å². The van der Waals surface area contributed by atoms with Crippen LogP contribution in [0.15, 0.2) is 28.5 Å². The monoisotopic (exact) mass is 459 g/mol. The van der Waals surface area contributed by atoms with Crippen LogP contribution in [-0.4, -0.2) is 71.3 Å². The molecule has 0 aromatic carbocycles. The van der Waals surface area contributed by atoms with E-state index in [2.05, 4.69) is 15.2 Å². The van der Waals surface area contributed by atoms with Crippen molar-refractivity contribution in [3.63, 3.8) is 0 Å².